The van der Waals surface area contributed by atoms with Crippen molar-refractivity contribution in [3.05, 3.63) is 52.8 Å². The van der Waals surface area contributed by atoms with E-state index in [0.717, 1.165) is 17.0 Å². The Bertz CT molecular complexity index is 802. The van der Waals surface area contributed by atoms with E-state index in [1.807, 2.05) is 13.1 Å². The second kappa shape index (κ2) is 5.13. The van der Waals surface area contributed by atoms with Gasteiger partial charge in [-0.25, -0.2) is 4.98 Å². The summed E-state index contributed by atoms with van der Waals surface area (Å²) < 4.78 is 39.1. The first-order chi connectivity index (χ1) is 10.3. The lowest BCUT2D eigenvalue weighted by Gasteiger charge is -2.08. The van der Waals surface area contributed by atoms with E-state index in [1.165, 1.54) is 23.5 Å². The lowest BCUT2D eigenvalue weighted by atomic mass is 10.2. The lowest BCUT2D eigenvalue weighted by molar-refractivity contribution is -0.137. The molecule has 0 saturated heterocycles. The summed E-state index contributed by atoms with van der Waals surface area (Å²) >= 11 is 1.45. The molecule has 0 unspecified atom stereocenters. The van der Waals surface area contributed by atoms with Crippen LogP contribution in [0.1, 0.15) is 20.9 Å². The molecule has 0 aliphatic heterocycles. The van der Waals surface area contributed by atoms with E-state index >= 15 is 0 Å². The van der Waals surface area contributed by atoms with Gasteiger partial charge in [0.05, 0.1) is 5.56 Å². The number of imidazole rings is 1. The van der Waals surface area contributed by atoms with Crippen LogP contribution in [0.3, 0.4) is 0 Å². The summed E-state index contributed by atoms with van der Waals surface area (Å²) in [5.74, 6) is -0.465. The Balaban J connectivity index is 1.77. The Morgan fingerprint density at radius 3 is 2.50 bits per heavy atom. The number of alkyl halides is 3. The zero-order chi connectivity index (χ0) is 15.9. The average Bonchev–Trinajstić information content (AvgIpc) is 2.95. The topological polar surface area (TPSA) is 46.4 Å². The zero-order valence-corrected chi connectivity index (χ0v) is 12.1. The molecule has 3 aromatic rings. The predicted octanol–water partition coefficient (Wildman–Crippen LogP) is 3.98. The van der Waals surface area contributed by atoms with E-state index in [1.54, 1.807) is 10.6 Å². The van der Waals surface area contributed by atoms with E-state index in [2.05, 4.69) is 10.3 Å². The van der Waals surface area contributed by atoms with Crippen LogP contribution in [0.5, 0.6) is 0 Å². The molecule has 0 bridgehead atoms. The maximum atomic E-state index is 12.5. The van der Waals surface area contributed by atoms with Crippen molar-refractivity contribution in [1.29, 1.82) is 0 Å². The van der Waals surface area contributed by atoms with Gasteiger partial charge in [-0.05, 0) is 31.2 Å². The summed E-state index contributed by atoms with van der Waals surface area (Å²) in [6.07, 6.45) is -0.964. The van der Waals surface area contributed by atoms with Crippen LogP contribution in [-0.2, 0) is 6.18 Å². The molecular weight excluding hydrogens is 315 g/mol. The normalized spacial score (nSPS) is 11.8. The van der Waals surface area contributed by atoms with E-state index in [9.17, 15) is 18.0 Å². The van der Waals surface area contributed by atoms with Gasteiger partial charge in [0.25, 0.3) is 5.91 Å². The highest BCUT2D eigenvalue weighted by atomic mass is 32.1. The molecule has 0 spiro atoms. The van der Waals surface area contributed by atoms with Crippen molar-refractivity contribution in [1.82, 2.24) is 9.38 Å². The number of nitrogens with one attached hydrogen (secondary N) is 1. The van der Waals surface area contributed by atoms with Gasteiger partial charge in [0, 0.05) is 23.0 Å². The van der Waals surface area contributed by atoms with Crippen LogP contribution in [0, 0.1) is 6.92 Å². The zero-order valence-electron chi connectivity index (χ0n) is 11.3. The minimum Gasteiger partial charge on any atom is -0.321 e. The summed E-state index contributed by atoms with van der Waals surface area (Å²) in [5.41, 5.74) is -0.264. The standard InChI is InChI=1S/C14H10F3N3OS/c1-8-6-20-7-11(19-13(20)22-8)12(21)18-10-4-2-9(3-5-10)14(15,16)17/h2-7H,1H3,(H,18,21). The molecular formula is C14H10F3N3OS. The highest BCUT2D eigenvalue weighted by Gasteiger charge is 2.30. The Hall–Kier alpha value is -2.35. The molecule has 8 heteroatoms. The summed E-state index contributed by atoms with van der Waals surface area (Å²) in [7, 11) is 0. The average molecular weight is 325 g/mol. The number of rotatable bonds is 2. The molecule has 1 amide bonds. The van der Waals surface area contributed by atoms with Gasteiger partial charge in [0.15, 0.2) is 4.96 Å². The van der Waals surface area contributed by atoms with Gasteiger partial charge in [-0.15, -0.1) is 11.3 Å². The number of hydrogen-bond donors (Lipinski definition) is 1. The number of carbonyl (C=O) groups excluding carboxylic acids is 1. The van der Waals surface area contributed by atoms with E-state index in [-0.39, 0.29) is 11.4 Å². The van der Waals surface area contributed by atoms with Crippen molar-refractivity contribution in [3.8, 4) is 0 Å². The largest absolute Gasteiger partial charge is 0.416 e. The third kappa shape index (κ3) is 2.82. The first-order valence-electron chi connectivity index (χ1n) is 6.27. The second-order valence-corrected chi connectivity index (χ2v) is 5.90. The Labute approximate surface area is 127 Å². The van der Waals surface area contributed by atoms with Gasteiger partial charge in [-0.1, -0.05) is 0 Å². The Kier molecular flexibility index (Phi) is 3.40. The van der Waals surface area contributed by atoms with Crippen molar-refractivity contribution in [3.63, 3.8) is 0 Å². The van der Waals surface area contributed by atoms with Crippen LogP contribution in [-0.4, -0.2) is 15.3 Å². The molecule has 2 heterocycles. The number of benzene rings is 1. The Morgan fingerprint density at radius 1 is 1.23 bits per heavy atom. The van der Waals surface area contributed by atoms with Gasteiger partial charge in [0.1, 0.15) is 5.69 Å². The van der Waals surface area contributed by atoms with E-state index in [0.29, 0.717) is 4.96 Å². The fourth-order valence-corrected chi connectivity index (χ4v) is 2.77. The molecule has 0 aliphatic carbocycles. The molecule has 0 atom stereocenters. The van der Waals surface area contributed by atoms with Gasteiger partial charge < -0.3 is 5.32 Å². The first kappa shape index (κ1) is 14.6. The van der Waals surface area contributed by atoms with Crippen LogP contribution in [0.4, 0.5) is 18.9 Å². The maximum Gasteiger partial charge on any atom is 0.416 e. The van der Waals surface area contributed by atoms with Crippen LogP contribution in [0.25, 0.3) is 4.96 Å². The first-order valence-corrected chi connectivity index (χ1v) is 7.08. The third-order valence-electron chi connectivity index (χ3n) is 2.97. The van der Waals surface area contributed by atoms with Gasteiger partial charge in [0.2, 0.25) is 0 Å². The van der Waals surface area contributed by atoms with Crippen LogP contribution >= 0.6 is 11.3 Å². The molecule has 3 rings (SSSR count). The number of nitrogens with zero attached hydrogens (tertiary/aromatic N) is 2. The van der Waals surface area contributed by atoms with E-state index in [4.69, 9.17) is 0 Å². The summed E-state index contributed by atoms with van der Waals surface area (Å²) in [5, 5.41) is 2.52. The number of anilines is 1. The van der Waals surface area contributed by atoms with Crippen LogP contribution in [0.2, 0.25) is 0 Å². The van der Waals surface area contributed by atoms with Gasteiger partial charge in [-0.3, -0.25) is 9.20 Å². The van der Waals surface area contributed by atoms with Crippen molar-refractivity contribution in [2.45, 2.75) is 13.1 Å². The van der Waals surface area contributed by atoms with Crippen molar-refractivity contribution < 1.29 is 18.0 Å². The quantitative estimate of drug-likeness (QED) is 0.775. The molecule has 0 aliphatic rings. The highest BCUT2D eigenvalue weighted by molar-refractivity contribution is 7.17. The summed E-state index contributed by atoms with van der Waals surface area (Å²) in [6, 6.07) is 4.27. The lowest BCUT2D eigenvalue weighted by Crippen LogP contribution is -2.12. The number of fused-ring (bicyclic) bond motifs is 1. The number of hydrogen-bond acceptors (Lipinski definition) is 3. The molecule has 1 N–H and O–H groups in total. The van der Waals surface area contributed by atoms with Crippen LogP contribution < -0.4 is 5.32 Å². The number of amides is 1. The predicted molar refractivity (Wildman–Crippen MR) is 77.2 cm³/mol. The molecule has 4 nitrogen and oxygen atoms in total. The fraction of sp³-hybridized carbons (Fsp3) is 0.143. The number of thiazole rings is 1. The molecule has 0 fully saturated rings. The Morgan fingerprint density at radius 2 is 1.91 bits per heavy atom. The SMILES string of the molecule is Cc1cn2cc(C(=O)Nc3ccc(C(F)(F)F)cc3)nc2s1. The minimum atomic E-state index is -4.39. The molecule has 22 heavy (non-hydrogen) atoms. The van der Waals surface area contributed by atoms with Gasteiger partial charge in [-0.2, -0.15) is 13.2 Å². The molecule has 0 saturated carbocycles. The molecule has 1 aromatic carbocycles. The number of aryl methyl sites for hydroxylation is 1. The minimum absolute atomic E-state index is 0.214. The van der Waals surface area contributed by atoms with Crippen molar-refractivity contribution in [2.75, 3.05) is 5.32 Å². The summed E-state index contributed by atoms with van der Waals surface area (Å²) in [6.45, 7) is 1.93. The van der Waals surface area contributed by atoms with E-state index < -0.39 is 17.6 Å². The maximum absolute atomic E-state index is 12.5. The number of halogens is 3. The molecule has 114 valence electrons. The number of carbonyl (C=O) groups is 1. The molecule has 0 radical (unpaired) electrons. The summed E-state index contributed by atoms with van der Waals surface area (Å²) in [4.78, 5) is 18.0. The number of aromatic nitrogens is 2. The highest BCUT2D eigenvalue weighted by Crippen LogP contribution is 2.29. The van der Waals surface area contributed by atoms with Crippen molar-refractivity contribution >= 4 is 27.9 Å². The monoisotopic (exact) mass is 325 g/mol. The third-order valence-corrected chi connectivity index (χ3v) is 3.89. The second-order valence-electron chi connectivity index (χ2n) is 4.69. The smallest absolute Gasteiger partial charge is 0.321 e. The van der Waals surface area contributed by atoms with Crippen molar-refractivity contribution in [2.24, 2.45) is 0 Å². The fourth-order valence-electron chi connectivity index (χ4n) is 1.96. The van der Waals surface area contributed by atoms with Crippen LogP contribution in [0.15, 0.2) is 36.7 Å². The molecule has 2 aromatic heterocycles. The van der Waals surface area contributed by atoms with Gasteiger partial charge >= 0.3 is 6.18 Å².